The first-order chi connectivity index (χ1) is 18.6. The van der Waals surface area contributed by atoms with Crippen LogP contribution < -0.4 is 19.5 Å². The summed E-state index contributed by atoms with van der Waals surface area (Å²) in [4.78, 5) is 0. The molecule has 1 atom stereocenters. The number of benzene rings is 3. The Bertz CT molecular complexity index is 1270. The van der Waals surface area contributed by atoms with Crippen molar-refractivity contribution in [2.45, 2.75) is 50.7 Å². The van der Waals surface area contributed by atoms with E-state index in [1.54, 1.807) is 12.1 Å². The summed E-state index contributed by atoms with van der Waals surface area (Å²) < 4.78 is 17.2. The highest BCUT2D eigenvalue weighted by molar-refractivity contribution is 6.00. The number of hydrogen-bond acceptors (Lipinski definition) is 6. The third kappa shape index (κ3) is 5.66. The first kappa shape index (κ1) is 24.8. The van der Waals surface area contributed by atoms with Gasteiger partial charge in [0.15, 0.2) is 11.5 Å². The maximum atomic E-state index is 10.4. The van der Waals surface area contributed by atoms with E-state index in [4.69, 9.17) is 14.2 Å². The largest absolute Gasteiger partial charge is 0.508 e. The van der Waals surface area contributed by atoms with Gasteiger partial charge in [0.25, 0.3) is 0 Å². The Morgan fingerprint density at radius 3 is 2.21 bits per heavy atom. The van der Waals surface area contributed by atoms with Crippen molar-refractivity contribution >= 4 is 11.1 Å². The van der Waals surface area contributed by atoms with Crippen LogP contribution in [-0.2, 0) is 0 Å². The van der Waals surface area contributed by atoms with Gasteiger partial charge < -0.3 is 29.7 Å². The average molecular weight is 514 g/mol. The summed E-state index contributed by atoms with van der Waals surface area (Å²) in [7, 11) is 0. The lowest BCUT2D eigenvalue weighted by Gasteiger charge is -2.19. The third-order valence-corrected chi connectivity index (χ3v) is 7.68. The molecule has 0 saturated heterocycles. The fourth-order valence-electron chi connectivity index (χ4n) is 5.53. The molecule has 0 aromatic heterocycles. The lowest BCUT2D eigenvalue weighted by molar-refractivity contribution is 0.104. The predicted molar refractivity (Wildman–Crippen MR) is 148 cm³/mol. The van der Waals surface area contributed by atoms with Gasteiger partial charge in [-0.05, 0) is 95.8 Å². The number of ether oxygens (including phenoxy) is 3. The van der Waals surface area contributed by atoms with Gasteiger partial charge in [-0.25, -0.2) is 0 Å². The van der Waals surface area contributed by atoms with Crippen LogP contribution in [0.4, 0.5) is 0 Å². The number of aliphatic hydroxyl groups excluding tert-OH is 1. The molecule has 2 fully saturated rings. The zero-order chi connectivity index (χ0) is 25.9. The number of aliphatic hydroxyl groups is 1. The summed E-state index contributed by atoms with van der Waals surface area (Å²) >= 11 is 0. The van der Waals surface area contributed by atoms with Gasteiger partial charge in [-0.2, -0.15) is 0 Å². The second kappa shape index (κ2) is 11.1. The molecular formula is C32H35NO5. The molecule has 3 N–H and O–H groups in total. The molecule has 0 bridgehead atoms. The van der Waals surface area contributed by atoms with E-state index in [2.05, 4.69) is 29.6 Å². The number of fused-ring (bicyclic) bond motifs is 1. The molecule has 1 unspecified atom stereocenters. The molecule has 2 aliphatic carbocycles. The summed E-state index contributed by atoms with van der Waals surface area (Å²) in [6.07, 6.45) is 6.67. The normalized spacial score (nSPS) is 18.3. The minimum absolute atomic E-state index is 0.244. The van der Waals surface area contributed by atoms with Crippen LogP contribution in [0, 0.1) is 5.92 Å². The minimum Gasteiger partial charge on any atom is -0.508 e. The second-order valence-corrected chi connectivity index (χ2v) is 10.6. The van der Waals surface area contributed by atoms with E-state index >= 15 is 0 Å². The monoisotopic (exact) mass is 513 g/mol. The average Bonchev–Trinajstić information content (AvgIpc) is 3.42. The van der Waals surface area contributed by atoms with Gasteiger partial charge in [-0.3, -0.25) is 0 Å². The topological polar surface area (TPSA) is 80.2 Å². The number of aromatic hydroxyl groups is 1. The summed E-state index contributed by atoms with van der Waals surface area (Å²) in [5.74, 6) is 2.98. The first-order valence-electron chi connectivity index (χ1n) is 13.7. The third-order valence-electron chi connectivity index (χ3n) is 7.68. The van der Waals surface area contributed by atoms with E-state index in [0.29, 0.717) is 18.5 Å². The van der Waals surface area contributed by atoms with Crippen LogP contribution in [0.25, 0.3) is 11.1 Å². The second-order valence-electron chi connectivity index (χ2n) is 10.6. The highest BCUT2D eigenvalue weighted by Gasteiger charge is 2.31. The Morgan fingerprint density at radius 2 is 1.50 bits per heavy atom. The molecule has 0 amide bonds. The molecule has 6 rings (SSSR count). The molecule has 3 aromatic rings. The van der Waals surface area contributed by atoms with E-state index in [9.17, 15) is 10.2 Å². The number of nitrogens with one attached hydrogen (secondary N) is 1. The lowest BCUT2D eigenvalue weighted by atomic mass is 9.87. The van der Waals surface area contributed by atoms with Crippen molar-refractivity contribution in [3.05, 3.63) is 83.4 Å². The number of rotatable bonds is 10. The van der Waals surface area contributed by atoms with Crippen molar-refractivity contribution in [1.29, 1.82) is 0 Å². The SMILES string of the molecule is Oc1ccc(/C(=C(\c2ccc3c(c2)OCO3)C2CC2)c2ccc(OCC(O)CNC3CCCC3)cc2)cc1. The van der Waals surface area contributed by atoms with Crippen molar-refractivity contribution in [2.24, 2.45) is 5.92 Å². The van der Waals surface area contributed by atoms with Gasteiger partial charge in [0.1, 0.15) is 24.2 Å². The van der Waals surface area contributed by atoms with Crippen LogP contribution in [0.1, 0.15) is 55.2 Å². The van der Waals surface area contributed by atoms with Gasteiger partial charge >= 0.3 is 0 Å². The molecule has 1 heterocycles. The fraction of sp³-hybridized carbons (Fsp3) is 0.375. The van der Waals surface area contributed by atoms with E-state index < -0.39 is 6.10 Å². The van der Waals surface area contributed by atoms with Gasteiger partial charge in [-0.1, -0.05) is 43.2 Å². The van der Waals surface area contributed by atoms with Crippen LogP contribution in [-0.4, -0.2) is 42.3 Å². The Labute approximate surface area is 223 Å². The van der Waals surface area contributed by atoms with Crippen molar-refractivity contribution < 1.29 is 24.4 Å². The maximum Gasteiger partial charge on any atom is 0.231 e. The van der Waals surface area contributed by atoms with Gasteiger partial charge in [0.05, 0.1) is 0 Å². The molecule has 6 nitrogen and oxygen atoms in total. The highest BCUT2D eigenvalue weighted by Crippen LogP contribution is 2.49. The quantitative estimate of drug-likeness (QED) is 0.299. The van der Waals surface area contributed by atoms with E-state index in [0.717, 1.165) is 52.4 Å². The van der Waals surface area contributed by atoms with Gasteiger partial charge in [0.2, 0.25) is 6.79 Å². The van der Waals surface area contributed by atoms with Crippen molar-refractivity contribution in [3.8, 4) is 23.0 Å². The van der Waals surface area contributed by atoms with Crippen LogP contribution >= 0.6 is 0 Å². The van der Waals surface area contributed by atoms with Gasteiger partial charge in [-0.15, -0.1) is 0 Å². The fourth-order valence-corrected chi connectivity index (χ4v) is 5.53. The summed E-state index contributed by atoms with van der Waals surface area (Å²) in [6.45, 7) is 1.06. The maximum absolute atomic E-state index is 10.4. The lowest BCUT2D eigenvalue weighted by Crippen LogP contribution is -2.36. The smallest absolute Gasteiger partial charge is 0.231 e. The van der Waals surface area contributed by atoms with Crippen LogP contribution in [0.2, 0.25) is 0 Å². The molecule has 6 heteroatoms. The zero-order valence-electron chi connectivity index (χ0n) is 21.6. The Kier molecular flexibility index (Phi) is 7.25. The number of hydrogen-bond donors (Lipinski definition) is 3. The van der Waals surface area contributed by atoms with Crippen LogP contribution in [0.5, 0.6) is 23.0 Å². The Balaban J connectivity index is 1.26. The zero-order valence-corrected chi connectivity index (χ0v) is 21.6. The molecule has 3 aliphatic rings. The minimum atomic E-state index is -0.546. The molecular weight excluding hydrogens is 478 g/mol. The summed E-state index contributed by atoms with van der Waals surface area (Å²) in [6, 6.07) is 22.2. The van der Waals surface area contributed by atoms with Crippen molar-refractivity contribution in [2.75, 3.05) is 19.9 Å². The first-order valence-corrected chi connectivity index (χ1v) is 13.7. The molecule has 38 heavy (non-hydrogen) atoms. The van der Waals surface area contributed by atoms with Gasteiger partial charge in [0, 0.05) is 12.6 Å². The Morgan fingerprint density at radius 1 is 0.842 bits per heavy atom. The van der Waals surface area contributed by atoms with Crippen LogP contribution in [0.15, 0.2) is 66.7 Å². The summed E-state index contributed by atoms with van der Waals surface area (Å²) in [5.41, 5.74) is 5.66. The molecule has 2 saturated carbocycles. The number of allylic oxidation sites excluding steroid dienone is 1. The number of phenols is 1. The van der Waals surface area contributed by atoms with E-state index in [1.165, 1.54) is 31.3 Å². The highest BCUT2D eigenvalue weighted by atomic mass is 16.7. The van der Waals surface area contributed by atoms with Crippen molar-refractivity contribution in [3.63, 3.8) is 0 Å². The van der Waals surface area contributed by atoms with E-state index in [-0.39, 0.29) is 19.1 Å². The molecule has 3 aromatic carbocycles. The predicted octanol–water partition coefficient (Wildman–Crippen LogP) is 5.76. The molecule has 1 aliphatic heterocycles. The molecule has 0 spiro atoms. The molecule has 0 radical (unpaired) electrons. The number of phenolic OH excluding ortho intramolecular Hbond substituents is 1. The van der Waals surface area contributed by atoms with E-state index in [1.807, 2.05) is 30.3 Å². The Hall–Kier alpha value is -3.48. The van der Waals surface area contributed by atoms with Crippen LogP contribution in [0.3, 0.4) is 0 Å². The summed E-state index contributed by atoms with van der Waals surface area (Å²) in [5, 5.41) is 23.8. The molecule has 198 valence electrons. The standard InChI is InChI=1S/C32H35NO5/c34-26-12-7-22(8-13-26)31(32(21-5-6-21)24-11-16-29-30(17-24)38-20-37-29)23-9-14-28(15-10-23)36-19-27(35)18-33-25-3-1-2-4-25/h7-17,21,25,27,33-35H,1-6,18-20H2/b32-31+. The van der Waals surface area contributed by atoms with Crippen molar-refractivity contribution in [1.82, 2.24) is 5.32 Å².